The lowest BCUT2D eigenvalue weighted by atomic mass is 10.1. The van der Waals surface area contributed by atoms with Gasteiger partial charge < -0.3 is 9.30 Å². The summed E-state index contributed by atoms with van der Waals surface area (Å²) in [5.74, 6) is 0.0477. The van der Waals surface area contributed by atoms with Gasteiger partial charge >= 0.3 is 12.1 Å². The zero-order valence-corrected chi connectivity index (χ0v) is 18.9. The van der Waals surface area contributed by atoms with Crippen molar-refractivity contribution in [1.82, 2.24) is 18.7 Å². The number of hydrogen-bond acceptors (Lipinski definition) is 5. The lowest BCUT2D eigenvalue weighted by molar-refractivity contribution is -0.274. The monoisotopic (exact) mass is 463 g/mol. The van der Waals surface area contributed by atoms with Crippen molar-refractivity contribution in [3.63, 3.8) is 0 Å². The molecule has 0 aliphatic carbocycles. The van der Waals surface area contributed by atoms with Crippen LogP contribution in [-0.4, -0.2) is 30.8 Å². The van der Waals surface area contributed by atoms with Gasteiger partial charge in [0.15, 0.2) is 11.2 Å². The summed E-state index contributed by atoms with van der Waals surface area (Å²) in [6.45, 7) is 5.80. The minimum Gasteiger partial charge on any atom is -0.406 e. The maximum atomic E-state index is 12.9. The van der Waals surface area contributed by atoms with Crippen LogP contribution in [0.5, 0.6) is 5.75 Å². The highest BCUT2D eigenvalue weighted by molar-refractivity contribution is 5.84. The van der Waals surface area contributed by atoms with E-state index in [9.17, 15) is 22.8 Å². The van der Waals surface area contributed by atoms with Crippen molar-refractivity contribution in [3.05, 3.63) is 68.3 Å². The van der Waals surface area contributed by atoms with Gasteiger partial charge in [0.05, 0.1) is 6.54 Å². The Balaban J connectivity index is 2.16. The Morgan fingerprint density at radius 3 is 2.48 bits per heavy atom. The third-order valence-electron chi connectivity index (χ3n) is 4.85. The molecule has 33 heavy (non-hydrogen) atoms. The molecule has 0 amide bonds. The number of imidazole rings is 1. The molecule has 0 aliphatic rings. The quantitative estimate of drug-likeness (QED) is 0.525. The largest absolute Gasteiger partial charge is 0.573 e. The third kappa shape index (κ3) is 5.41. The summed E-state index contributed by atoms with van der Waals surface area (Å²) in [4.78, 5) is 34.2. The smallest absolute Gasteiger partial charge is 0.406 e. The van der Waals surface area contributed by atoms with Crippen molar-refractivity contribution in [1.29, 1.82) is 0 Å². The van der Waals surface area contributed by atoms with E-state index in [0.29, 0.717) is 17.1 Å². The second-order valence-corrected chi connectivity index (χ2v) is 7.93. The van der Waals surface area contributed by atoms with Crippen molar-refractivity contribution in [2.75, 3.05) is 0 Å². The summed E-state index contributed by atoms with van der Waals surface area (Å²) in [5, 5.41) is 0. The molecule has 0 saturated carbocycles. The summed E-state index contributed by atoms with van der Waals surface area (Å²) in [6.07, 6.45) is -3.01. The van der Waals surface area contributed by atoms with Gasteiger partial charge in [0, 0.05) is 32.4 Å². The number of aryl methyl sites for hydroxylation is 1. The van der Waals surface area contributed by atoms with Crippen LogP contribution in [0, 0.1) is 0 Å². The molecule has 0 bridgehead atoms. The number of rotatable bonds is 6. The van der Waals surface area contributed by atoms with Crippen molar-refractivity contribution < 1.29 is 17.9 Å². The fourth-order valence-electron chi connectivity index (χ4n) is 3.34. The summed E-state index contributed by atoms with van der Waals surface area (Å²) in [6, 6.07) is 5.54. The second-order valence-electron chi connectivity index (χ2n) is 7.93. The SMILES string of the molecule is CC(C)=CN=C(C)Cn1c(Cc2cccc(OC(F)(F)F)c2)nc2c1c(=O)n(C)c(=O)n2C. The molecule has 0 atom stereocenters. The Kier molecular flexibility index (Phi) is 6.61. The van der Waals surface area contributed by atoms with Crippen molar-refractivity contribution in [3.8, 4) is 5.75 Å². The minimum atomic E-state index is -4.81. The van der Waals surface area contributed by atoms with E-state index in [-0.39, 0.29) is 29.9 Å². The predicted octanol–water partition coefficient (Wildman–Crippen LogP) is 3.31. The van der Waals surface area contributed by atoms with Crippen LogP contribution in [0.2, 0.25) is 0 Å². The Hall–Kier alpha value is -3.63. The van der Waals surface area contributed by atoms with Gasteiger partial charge in [0.25, 0.3) is 5.56 Å². The zero-order chi connectivity index (χ0) is 24.5. The number of fused-ring (bicyclic) bond motifs is 1. The highest BCUT2D eigenvalue weighted by Gasteiger charge is 2.31. The van der Waals surface area contributed by atoms with E-state index in [0.717, 1.165) is 10.1 Å². The second kappa shape index (κ2) is 9.08. The zero-order valence-electron chi connectivity index (χ0n) is 18.9. The normalized spacial score (nSPS) is 12.3. The Bertz CT molecular complexity index is 1370. The van der Waals surface area contributed by atoms with Gasteiger partial charge in [0.1, 0.15) is 11.6 Å². The van der Waals surface area contributed by atoms with Gasteiger partial charge in [-0.3, -0.25) is 18.9 Å². The summed E-state index contributed by atoms with van der Waals surface area (Å²) >= 11 is 0. The van der Waals surface area contributed by atoms with Crippen LogP contribution < -0.4 is 16.0 Å². The Morgan fingerprint density at radius 1 is 1.15 bits per heavy atom. The van der Waals surface area contributed by atoms with Crippen LogP contribution >= 0.6 is 0 Å². The topological polar surface area (TPSA) is 83.4 Å². The van der Waals surface area contributed by atoms with E-state index in [1.807, 2.05) is 13.8 Å². The summed E-state index contributed by atoms with van der Waals surface area (Å²) in [5.41, 5.74) is 1.52. The lowest BCUT2D eigenvalue weighted by Gasteiger charge is -2.11. The van der Waals surface area contributed by atoms with E-state index in [2.05, 4.69) is 14.7 Å². The Morgan fingerprint density at radius 2 is 1.85 bits per heavy atom. The van der Waals surface area contributed by atoms with Crippen LogP contribution in [0.15, 0.2) is 50.6 Å². The molecule has 0 unspecified atom stereocenters. The third-order valence-corrected chi connectivity index (χ3v) is 4.85. The number of nitrogens with zero attached hydrogens (tertiary/aromatic N) is 5. The van der Waals surface area contributed by atoms with Gasteiger partial charge in [0.2, 0.25) is 0 Å². The first-order valence-corrected chi connectivity index (χ1v) is 10.0. The minimum absolute atomic E-state index is 0.108. The highest BCUT2D eigenvalue weighted by atomic mass is 19.4. The van der Waals surface area contributed by atoms with Crippen molar-refractivity contribution in [2.45, 2.75) is 40.1 Å². The van der Waals surface area contributed by atoms with Crippen LogP contribution in [0.4, 0.5) is 13.2 Å². The van der Waals surface area contributed by atoms with E-state index in [1.54, 1.807) is 23.8 Å². The molecular weight excluding hydrogens is 439 g/mol. The van der Waals surface area contributed by atoms with Gasteiger partial charge in [-0.15, -0.1) is 13.2 Å². The molecule has 0 aliphatic heterocycles. The molecule has 2 aromatic heterocycles. The van der Waals surface area contributed by atoms with E-state index < -0.39 is 17.6 Å². The fourth-order valence-corrected chi connectivity index (χ4v) is 3.34. The molecule has 2 heterocycles. The first-order valence-electron chi connectivity index (χ1n) is 10.0. The summed E-state index contributed by atoms with van der Waals surface area (Å²) < 4.78 is 45.8. The molecular formula is C22H24F3N5O3. The average Bonchev–Trinajstić information content (AvgIpc) is 3.06. The van der Waals surface area contributed by atoms with Crippen molar-refractivity contribution in [2.24, 2.45) is 19.1 Å². The number of aliphatic imine (C=N–C) groups is 1. The van der Waals surface area contributed by atoms with Gasteiger partial charge in [-0.25, -0.2) is 9.78 Å². The molecule has 0 saturated heterocycles. The van der Waals surface area contributed by atoms with Crippen LogP contribution in [-0.2, 0) is 27.1 Å². The standard InChI is InChI=1S/C22H24F3N5O3/c1-13(2)11-26-14(3)12-30-17(10-15-7-6-8-16(9-15)33-22(23,24)25)27-19-18(30)20(31)29(5)21(32)28(19)4/h6-9,11H,10,12H2,1-5H3. The molecule has 176 valence electrons. The molecule has 8 nitrogen and oxygen atoms in total. The first kappa shape index (κ1) is 24.0. The fraction of sp³-hybridized carbons (Fsp3) is 0.364. The number of alkyl halides is 3. The highest BCUT2D eigenvalue weighted by Crippen LogP contribution is 2.24. The Labute approximate surface area is 187 Å². The molecule has 1 aromatic carbocycles. The maximum Gasteiger partial charge on any atom is 0.573 e. The molecule has 3 rings (SSSR count). The van der Waals surface area contributed by atoms with Crippen molar-refractivity contribution >= 4 is 16.9 Å². The molecule has 0 radical (unpaired) electrons. The number of ether oxygens (including phenoxy) is 1. The predicted molar refractivity (Wildman–Crippen MR) is 119 cm³/mol. The number of hydrogen-bond donors (Lipinski definition) is 0. The van der Waals surface area contributed by atoms with E-state index in [4.69, 9.17) is 0 Å². The van der Waals surface area contributed by atoms with Gasteiger partial charge in [-0.1, -0.05) is 17.7 Å². The molecule has 0 fully saturated rings. The molecule has 0 N–H and O–H groups in total. The van der Waals surface area contributed by atoms with Crippen LogP contribution in [0.25, 0.3) is 11.2 Å². The number of aromatic nitrogens is 4. The molecule has 11 heteroatoms. The molecule has 0 spiro atoms. The van der Waals surface area contributed by atoms with E-state index in [1.165, 1.54) is 36.9 Å². The van der Waals surface area contributed by atoms with Crippen LogP contribution in [0.1, 0.15) is 32.2 Å². The van der Waals surface area contributed by atoms with Gasteiger partial charge in [-0.2, -0.15) is 0 Å². The number of allylic oxidation sites excluding steroid dienone is 1. The van der Waals surface area contributed by atoms with Crippen LogP contribution in [0.3, 0.4) is 0 Å². The first-order chi connectivity index (χ1) is 15.4. The van der Waals surface area contributed by atoms with E-state index >= 15 is 0 Å². The maximum absolute atomic E-state index is 12.9. The van der Waals surface area contributed by atoms with Gasteiger partial charge in [-0.05, 0) is 38.5 Å². The number of halogens is 3. The average molecular weight is 463 g/mol. The number of benzene rings is 1. The summed E-state index contributed by atoms with van der Waals surface area (Å²) in [7, 11) is 2.89. The molecule has 3 aromatic rings. The lowest BCUT2D eigenvalue weighted by Crippen LogP contribution is -2.37.